The minimum atomic E-state index is -0.643. The number of hydrogen-bond donors (Lipinski definition) is 1. The summed E-state index contributed by atoms with van der Waals surface area (Å²) in [6.07, 6.45) is 1.22. The first-order valence-corrected chi connectivity index (χ1v) is 8.23. The summed E-state index contributed by atoms with van der Waals surface area (Å²) < 4.78 is 5.39. The number of nitrogens with two attached hydrogens (primary N) is 1. The first-order valence-electron chi connectivity index (χ1n) is 8.23. The fourth-order valence-electron chi connectivity index (χ4n) is 2.61. The summed E-state index contributed by atoms with van der Waals surface area (Å²) in [5, 5.41) is 27.7. The highest BCUT2D eigenvalue weighted by Crippen LogP contribution is 2.23. The van der Waals surface area contributed by atoms with Gasteiger partial charge < -0.3 is 15.1 Å². The Balaban J connectivity index is 2.60. The molecule has 0 spiro atoms. The first kappa shape index (κ1) is 19.3. The lowest BCUT2D eigenvalue weighted by Gasteiger charge is -2.20. The molecule has 0 fully saturated rings. The lowest BCUT2D eigenvalue weighted by molar-refractivity contribution is 0.559. The Kier molecular flexibility index (Phi) is 5.99. The van der Waals surface area contributed by atoms with E-state index in [0.717, 1.165) is 18.8 Å². The second kappa shape index (κ2) is 8.38. The number of hydrogen-bond acceptors (Lipinski definition) is 7. The van der Waals surface area contributed by atoms with Gasteiger partial charge in [-0.2, -0.15) is 15.8 Å². The molecular formula is C20H17N5O2. The zero-order valence-electron chi connectivity index (χ0n) is 15.0. The monoisotopic (exact) mass is 359 g/mol. The van der Waals surface area contributed by atoms with E-state index in [1.807, 2.05) is 26.0 Å². The molecule has 0 saturated carbocycles. The number of rotatable bonds is 5. The zero-order valence-corrected chi connectivity index (χ0v) is 15.0. The van der Waals surface area contributed by atoms with Gasteiger partial charge in [0, 0.05) is 30.2 Å². The van der Waals surface area contributed by atoms with Gasteiger partial charge in [-0.15, -0.1) is 0 Å². The fourth-order valence-corrected chi connectivity index (χ4v) is 2.61. The summed E-state index contributed by atoms with van der Waals surface area (Å²) >= 11 is 0. The normalized spacial score (nSPS) is 10.6. The number of allylic oxidation sites excluding steroid dienone is 2. The van der Waals surface area contributed by atoms with E-state index >= 15 is 0 Å². The van der Waals surface area contributed by atoms with Crippen molar-refractivity contribution < 1.29 is 4.42 Å². The molecule has 0 bridgehead atoms. The highest BCUT2D eigenvalue weighted by molar-refractivity contribution is 5.83. The second-order valence-electron chi connectivity index (χ2n) is 5.57. The Morgan fingerprint density at radius 1 is 1.15 bits per heavy atom. The van der Waals surface area contributed by atoms with Gasteiger partial charge in [-0.3, -0.25) is 0 Å². The maximum atomic E-state index is 12.3. The molecule has 2 aromatic rings. The van der Waals surface area contributed by atoms with Crippen LogP contribution >= 0.6 is 0 Å². The van der Waals surface area contributed by atoms with Crippen LogP contribution in [0.4, 0.5) is 5.69 Å². The molecule has 7 heteroatoms. The molecule has 7 nitrogen and oxygen atoms in total. The molecule has 0 amide bonds. The third kappa shape index (κ3) is 3.98. The highest BCUT2D eigenvalue weighted by Gasteiger charge is 2.11. The number of fused-ring (bicyclic) bond motifs is 1. The number of nitrogens with zero attached hydrogens (tertiary/aromatic N) is 4. The smallest absolute Gasteiger partial charge is 0.343 e. The molecule has 0 saturated heterocycles. The van der Waals surface area contributed by atoms with Crippen LogP contribution < -0.4 is 16.3 Å². The SMILES string of the molecule is CCN(CC)c1ccc2cc(/C=C(\C#N)C(N)=C(C#N)C#N)c(=O)oc2c1. The predicted molar refractivity (Wildman–Crippen MR) is 102 cm³/mol. The maximum absolute atomic E-state index is 12.3. The van der Waals surface area contributed by atoms with Gasteiger partial charge in [0.2, 0.25) is 0 Å². The number of anilines is 1. The zero-order chi connectivity index (χ0) is 20.0. The van der Waals surface area contributed by atoms with Gasteiger partial charge in [0.05, 0.1) is 16.8 Å². The van der Waals surface area contributed by atoms with Gasteiger partial charge in [0.25, 0.3) is 0 Å². The van der Waals surface area contributed by atoms with E-state index in [-0.39, 0.29) is 16.8 Å². The highest BCUT2D eigenvalue weighted by atomic mass is 16.4. The summed E-state index contributed by atoms with van der Waals surface area (Å²) in [6, 6.07) is 12.2. The lowest BCUT2D eigenvalue weighted by Crippen LogP contribution is -2.21. The van der Waals surface area contributed by atoms with Crippen molar-refractivity contribution in [2.75, 3.05) is 18.0 Å². The van der Waals surface area contributed by atoms with Crippen molar-refractivity contribution in [2.45, 2.75) is 13.8 Å². The third-order valence-electron chi connectivity index (χ3n) is 4.08. The molecule has 134 valence electrons. The van der Waals surface area contributed by atoms with Crippen molar-refractivity contribution >= 4 is 22.7 Å². The van der Waals surface area contributed by atoms with Gasteiger partial charge in [-0.25, -0.2) is 4.79 Å². The third-order valence-corrected chi connectivity index (χ3v) is 4.08. The minimum absolute atomic E-state index is 0.104. The van der Waals surface area contributed by atoms with E-state index < -0.39 is 11.2 Å². The molecule has 1 aromatic carbocycles. The molecular weight excluding hydrogens is 342 g/mol. The van der Waals surface area contributed by atoms with Crippen molar-refractivity contribution in [3.05, 3.63) is 57.1 Å². The van der Waals surface area contributed by atoms with Crippen LogP contribution in [0, 0.1) is 34.0 Å². The Hall–Kier alpha value is -4.02. The van der Waals surface area contributed by atoms with Crippen LogP contribution in [0.15, 0.2) is 50.3 Å². The lowest BCUT2D eigenvalue weighted by atomic mass is 10.1. The standard InChI is InChI=1S/C20H17N5O2/c1-3-25(4-2)17-6-5-13-7-14(20(26)27-18(13)9-17)8-15(10-21)19(24)16(11-22)12-23/h5-9H,3-4,24H2,1-2H3/b15-8+. The van der Waals surface area contributed by atoms with Gasteiger partial charge in [0.1, 0.15) is 23.8 Å². The molecule has 0 aliphatic heterocycles. The van der Waals surface area contributed by atoms with Crippen LogP contribution in [0.3, 0.4) is 0 Å². The van der Waals surface area contributed by atoms with Crippen molar-refractivity contribution in [1.29, 1.82) is 15.8 Å². The van der Waals surface area contributed by atoms with Crippen molar-refractivity contribution in [1.82, 2.24) is 0 Å². The Labute approximate surface area is 156 Å². The van der Waals surface area contributed by atoms with E-state index in [1.165, 1.54) is 6.08 Å². The molecule has 0 aliphatic rings. The number of benzene rings is 1. The summed E-state index contributed by atoms with van der Waals surface area (Å²) in [4.78, 5) is 14.4. The van der Waals surface area contributed by atoms with Crippen molar-refractivity contribution in [3.63, 3.8) is 0 Å². The van der Waals surface area contributed by atoms with E-state index in [2.05, 4.69) is 4.90 Å². The molecule has 0 aliphatic carbocycles. The first-order chi connectivity index (χ1) is 13.0. The largest absolute Gasteiger partial charge is 0.422 e. The number of nitriles is 3. The van der Waals surface area contributed by atoms with E-state index in [1.54, 1.807) is 30.3 Å². The summed E-state index contributed by atoms with van der Waals surface area (Å²) in [5.74, 6) is 0. The molecule has 2 N–H and O–H groups in total. The summed E-state index contributed by atoms with van der Waals surface area (Å²) in [6.45, 7) is 5.72. The fraction of sp³-hybridized carbons (Fsp3) is 0.200. The van der Waals surface area contributed by atoms with Gasteiger partial charge in [-0.05, 0) is 38.1 Å². The molecule has 1 heterocycles. The minimum Gasteiger partial charge on any atom is -0.422 e. The quantitative estimate of drug-likeness (QED) is 0.493. The van der Waals surface area contributed by atoms with Gasteiger partial charge in [0.15, 0.2) is 5.57 Å². The van der Waals surface area contributed by atoms with E-state index in [0.29, 0.717) is 11.0 Å². The average molecular weight is 359 g/mol. The Morgan fingerprint density at radius 2 is 1.81 bits per heavy atom. The predicted octanol–water partition coefficient (Wildman–Crippen LogP) is 2.81. The van der Waals surface area contributed by atoms with Crippen LogP contribution in [0.25, 0.3) is 17.0 Å². The van der Waals surface area contributed by atoms with Crippen LogP contribution in [0.2, 0.25) is 0 Å². The van der Waals surface area contributed by atoms with E-state index in [9.17, 15) is 10.1 Å². The topological polar surface area (TPSA) is 131 Å². The molecule has 0 atom stereocenters. The molecule has 27 heavy (non-hydrogen) atoms. The van der Waals surface area contributed by atoms with E-state index in [4.69, 9.17) is 20.7 Å². The molecule has 0 unspecified atom stereocenters. The Bertz CT molecular complexity index is 1100. The maximum Gasteiger partial charge on any atom is 0.343 e. The molecule has 2 rings (SSSR count). The molecule has 0 radical (unpaired) electrons. The summed E-state index contributed by atoms with van der Waals surface area (Å²) in [5.41, 5.74) is 5.70. The van der Waals surface area contributed by atoms with Gasteiger partial charge >= 0.3 is 5.63 Å². The van der Waals surface area contributed by atoms with Crippen LogP contribution in [-0.4, -0.2) is 13.1 Å². The van der Waals surface area contributed by atoms with Crippen LogP contribution in [0.1, 0.15) is 19.4 Å². The second-order valence-corrected chi connectivity index (χ2v) is 5.57. The average Bonchev–Trinajstić information content (AvgIpc) is 2.68. The molecule has 1 aromatic heterocycles. The van der Waals surface area contributed by atoms with Gasteiger partial charge in [-0.1, -0.05) is 0 Å². The summed E-state index contributed by atoms with van der Waals surface area (Å²) in [7, 11) is 0. The van der Waals surface area contributed by atoms with Crippen molar-refractivity contribution in [2.24, 2.45) is 5.73 Å². The van der Waals surface area contributed by atoms with Crippen molar-refractivity contribution in [3.8, 4) is 18.2 Å². The van der Waals surface area contributed by atoms with Crippen LogP contribution in [-0.2, 0) is 0 Å². The Morgan fingerprint density at radius 3 is 2.37 bits per heavy atom. The van der Waals surface area contributed by atoms with Crippen LogP contribution in [0.5, 0.6) is 0 Å².